The summed E-state index contributed by atoms with van der Waals surface area (Å²) in [7, 11) is 0. The number of phenols is 4. The quantitative estimate of drug-likeness (QED) is 0.320. The van der Waals surface area contributed by atoms with Crippen LogP contribution in [0.2, 0.25) is 0 Å². The van der Waals surface area contributed by atoms with Crippen molar-refractivity contribution in [3.8, 4) is 23.0 Å². The van der Waals surface area contributed by atoms with Crippen LogP contribution in [0.25, 0.3) is 0 Å². The molecule has 156 valence electrons. The fraction of sp³-hybridized carbons (Fsp3) is 0.111. The monoisotopic (exact) mass is 412 g/mol. The van der Waals surface area contributed by atoms with Crippen molar-refractivity contribution >= 4 is 0 Å². The normalized spacial score (nSPS) is 11.2. The maximum Gasteiger partial charge on any atom is 0.115 e. The molecular formula is C27H24O4. The number of hydrogen-bond acceptors (Lipinski definition) is 4. The second-order valence-corrected chi connectivity index (χ2v) is 7.71. The van der Waals surface area contributed by atoms with E-state index in [9.17, 15) is 20.4 Å². The topological polar surface area (TPSA) is 80.9 Å². The highest BCUT2D eigenvalue weighted by molar-refractivity contribution is 5.42. The van der Waals surface area contributed by atoms with Gasteiger partial charge >= 0.3 is 0 Å². The maximum absolute atomic E-state index is 9.75. The SMILES string of the molecule is Oc1ccc(C(CC(c2ccc(O)cc2)c2ccc(O)cc2)c2ccc(O)cc2)cc1. The van der Waals surface area contributed by atoms with Gasteiger partial charge in [-0.25, -0.2) is 0 Å². The first-order valence-electron chi connectivity index (χ1n) is 10.2. The third-order valence-electron chi connectivity index (χ3n) is 5.65. The molecule has 0 unspecified atom stereocenters. The molecule has 0 amide bonds. The van der Waals surface area contributed by atoms with Crippen LogP contribution in [0, 0.1) is 0 Å². The van der Waals surface area contributed by atoms with Gasteiger partial charge in [-0.2, -0.15) is 0 Å². The molecule has 4 aromatic rings. The molecule has 31 heavy (non-hydrogen) atoms. The molecule has 0 radical (unpaired) electrons. The summed E-state index contributed by atoms with van der Waals surface area (Å²) in [6.45, 7) is 0. The van der Waals surface area contributed by atoms with Gasteiger partial charge in [0, 0.05) is 11.8 Å². The average molecular weight is 412 g/mol. The third kappa shape index (κ3) is 4.81. The summed E-state index contributed by atoms with van der Waals surface area (Å²) in [5.41, 5.74) is 4.19. The van der Waals surface area contributed by atoms with Gasteiger partial charge in [0.05, 0.1) is 0 Å². The zero-order valence-electron chi connectivity index (χ0n) is 16.9. The largest absolute Gasteiger partial charge is 0.508 e. The van der Waals surface area contributed by atoms with E-state index in [0.29, 0.717) is 6.42 Å². The second kappa shape index (κ2) is 8.84. The van der Waals surface area contributed by atoms with Gasteiger partial charge in [-0.15, -0.1) is 0 Å². The number of rotatable bonds is 6. The molecular weight excluding hydrogens is 388 g/mol. The van der Waals surface area contributed by atoms with Crippen LogP contribution >= 0.6 is 0 Å². The van der Waals surface area contributed by atoms with E-state index in [1.807, 2.05) is 48.5 Å². The summed E-state index contributed by atoms with van der Waals surface area (Å²) in [5, 5.41) is 39.0. The Bertz CT molecular complexity index is 932. The van der Waals surface area contributed by atoms with Gasteiger partial charge < -0.3 is 20.4 Å². The lowest BCUT2D eigenvalue weighted by Gasteiger charge is -2.26. The van der Waals surface area contributed by atoms with E-state index in [-0.39, 0.29) is 34.8 Å². The Labute approximate surface area is 181 Å². The summed E-state index contributed by atoms with van der Waals surface area (Å²) < 4.78 is 0. The molecule has 0 aromatic heterocycles. The molecule has 0 spiro atoms. The molecule has 0 fully saturated rings. The molecule has 0 heterocycles. The van der Waals surface area contributed by atoms with Crippen molar-refractivity contribution < 1.29 is 20.4 Å². The highest BCUT2D eigenvalue weighted by Crippen LogP contribution is 2.40. The van der Waals surface area contributed by atoms with Crippen LogP contribution in [-0.4, -0.2) is 20.4 Å². The van der Waals surface area contributed by atoms with Crippen molar-refractivity contribution in [3.05, 3.63) is 119 Å². The Morgan fingerprint density at radius 3 is 0.742 bits per heavy atom. The van der Waals surface area contributed by atoms with Gasteiger partial charge in [0.25, 0.3) is 0 Å². The molecule has 0 bridgehead atoms. The van der Waals surface area contributed by atoms with Crippen molar-refractivity contribution in [3.63, 3.8) is 0 Å². The number of benzene rings is 4. The lowest BCUT2D eigenvalue weighted by atomic mass is 9.78. The minimum atomic E-state index is -0.00574. The van der Waals surface area contributed by atoms with Crippen LogP contribution in [0.4, 0.5) is 0 Å². The van der Waals surface area contributed by atoms with Crippen LogP contribution in [0.15, 0.2) is 97.1 Å². The van der Waals surface area contributed by atoms with E-state index in [2.05, 4.69) is 0 Å². The maximum atomic E-state index is 9.75. The summed E-state index contributed by atoms with van der Waals surface area (Å²) in [5.74, 6) is 0.829. The summed E-state index contributed by atoms with van der Waals surface area (Å²) in [6, 6.07) is 28.7. The highest BCUT2D eigenvalue weighted by Gasteiger charge is 2.23. The van der Waals surface area contributed by atoms with E-state index in [1.54, 1.807) is 48.5 Å². The van der Waals surface area contributed by atoms with Crippen LogP contribution in [0.3, 0.4) is 0 Å². The first-order valence-corrected chi connectivity index (χ1v) is 10.2. The molecule has 0 atom stereocenters. The highest BCUT2D eigenvalue weighted by atomic mass is 16.3. The second-order valence-electron chi connectivity index (χ2n) is 7.71. The predicted molar refractivity (Wildman–Crippen MR) is 121 cm³/mol. The van der Waals surface area contributed by atoms with E-state index in [0.717, 1.165) is 22.3 Å². The van der Waals surface area contributed by atoms with E-state index in [1.165, 1.54) is 0 Å². The Kier molecular flexibility index (Phi) is 5.80. The zero-order chi connectivity index (χ0) is 21.8. The Morgan fingerprint density at radius 1 is 0.355 bits per heavy atom. The number of hydrogen-bond donors (Lipinski definition) is 4. The predicted octanol–water partition coefficient (Wildman–Crippen LogP) is 5.86. The summed E-state index contributed by atoms with van der Waals surface area (Å²) in [4.78, 5) is 0. The van der Waals surface area contributed by atoms with Crippen molar-refractivity contribution in [1.29, 1.82) is 0 Å². The van der Waals surface area contributed by atoms with Crippen molar-refractivity contribution in [2.24, 2.45) is 0 Å². The molecule has 0 saturated heterocycles. The molecule has 4 heteroatoms. The van der Waals surface area contributed by atoms with Crippen LogP contribution in [-0.2, 0) is 0 Å². The van der Waals surface area contributed by atoms with E-state index in [4.69, 9.17) is 0 Å². The van der Waals surface area contributed by atoms with Gasteiger partial charge in [-0.1, -0.05) is 48.5 Å². The molecule has 0 aliphatic heterocycles. The average Bonchev–Trinajstić information content (AvgIpc) is 2.78. The Hall–Kier alpha value is -3.92. The van der Waals surface area contributed by atoms with Crippen molar-refractivity contribution in [1.82, 2.24) is 0 Å². The van der Waals surface area contributed by atoms with Gasteiger partial charge in [0.15, 0.2) is 0 Å². The standard InChI is InChI=1S/C27H24O4/c28-22-9-1-18(2-10-22)26(19-3-11-23(29)12-4-19)17-27(20-5-13-24(30)14-6-20)21-7-15-25(31)16-8-21/h1-16,26-31H,17H2. The van der Waals surface area contributed by atoms with Crippen molar-refractivity contribution in [2.75, 3.05) is 0 Å². The van der Waals surface area contributed by atoms with Crippen LogP contribution < -0.4 is 0 Å². The number of phenolic OH excluding ortho intramolecular Hbond substituents is 4. The fourth-order valence-electron chi connectivity index (χ4n) is 3.99. The molecule has 4 aromatic carbocycles. The minimum absolute atomic E-state index is 0.00574. The van der Waals surface area contributed by atoms with Gasteiger partial charge in [0.1, 0.15) is 23.0 Å². The van der Waals surface area contributed by atoms with E-state index >= 15 is 0 Å². The van der Waals surface area contributed by atoms with Crippen LogP contribution in [0.1, 0.15) is 40.5 Å². The molecule has 0 aliphatic carbocycles. The van der Waals surface area contributed by atoms with Crippen LogP contribution in [0.5, 0.6) is 23.0 Å². The van der Waals surface area contributed by atoms with Crippen molar-refractivity contribution in [2.45, 2.75) is 18.3 Å². The third-order valence-corrected chi connectivity index (χ3v) is 5.65. The summed E-state index contributed by atoms with van der Waals surface area (Å²) in [6.07, 6.45) is 0.713. The molecule has 4 nitrogen and oxygen atoms in total. The summed E-state index contributed by atoms with van der Waals surface area (Å²) >= 11 is 0. The van der Waals surface area contributed by atoms with Gasteiger partial charge in [-0.05, 0) is 77.2 Å². The van der Waals surface area contributed by atoms with Gasteiger partial charge in [-0.3, -0.25) is 0 Å². The lowest BCUT2D eigenvalue weighted by Crippen LogP contribution is -2.10. The molecule has 4 rings (SSSR count). The lowest BCUT2D eigenvalue weighted by molar-refractivity contribution is 0.474. The molecule has 4 N–H and O–H groups in total. The van der Waals surface area contributed by atoms with E-state index < -0.39 is 0 Å². The Morgan fingerprint density at radius 2 is 0.548 bits per heavy atom. The van der Waals surface area contributed by atoms with Gasteiger partial charge in [0.2, 0.25) is 0 Å². The molecule has 0 saturated carbocycles. The zero-order valence-corrected chi connectivity index (χ0v) is 16.9. The minimum Gasteiger partial charge on any atom is -0.508 e. The smallest absolute Gasteiger partial charge is 0.115 e. The number of aromatic hydroxyl groups is 4. The molecule has 0 aliphatic rings. The Balaban J connectivity index is 1.79. The first-order chi connectivity index (χ1) is 15.0. The first kappa shape index (κ1) is 20.4. The fourth-order valence-corrected chi connectivity index (χ4v) is 3.99.